The first-order valence-electron chi connectivity index (χ1n) is 4.13. The van der Waals surface area contributed by atoms with Crippen molar-refractivity contribution in [2.45, 2.75) is 6.54 Å². The fourth-order valence-electron chi connectivity index (χ4n) is 1.28. The minimum atomic E-state index is 0. The summed E-state index contributed by atoms with van der Waals surface area (Å²) < 4.78 is 1.91. The molecule has 0 saturated heterocycles. The van der Waals surface area contributed by atoms with Gasteiger partial charge < -0.3 is 5.73 Å². The van der Waals surface area contributed by atoms with Gasteiger partial charge in [0, 0.05) is 32.0 Å². The Labute approximate surface area is 106 Å². The van der Waals surface area contributed by atoms with Gasteiger partial charge in [0.05, 0.1) is 0 Å². The third-order valence-electron chi connectivity index (χ3n) is 1.94. The minimum absolute atomic E-state index is 0. The summed E-state index contributed by atoms with van der Waals surface area (Å²) in [7, 11) is 0. The fraction of sp³-hybridized carbons (Fsp3) is 0.100. The summed E-state index contributed by atoms with van der Waals surface area (Å²) >= 11 is 4.91. The predicted octanol–water partition coefficient (Wildman–Crippen LogP) is 2.90. The normalized spacial score (nSPS) is 10.0. The minimum Gasteiger partial charge on any atom is -0.326 e. The van der Waals surface area contributed by atoms with Gasteiger partial charge in [-0.25, -0.2) is 0 Å². The summed E-state index contributed by atoms with van der Waals surface area (Å²) in [6.45, 7) is 0.423. The summed E-state index contributed by atoms with van der Waals surface area (Å²) in [5.41, 5.74) is 5.54. The SMILES string of the molecule is Cl.NCc1cc(=O)c2cc(Br)ccc2s1. The first-order valence-corrected chi connectivity index (χ1v) is 5.74. The second-order valence-corrected chi connectivity index (χ2v) is 5.01. The summed E-state index contributed by atoms with van der Waals surface area (Å²) in [5, 5.41) is 0.751. The molecule has 0 aliphatic heterocycles. The van der Waals surface area contributed by atoms with Crippen molar-refractivity contribution in [3.05, 3.63) is 43.8 Å². The van der Waals surface area contributed by atoms with Crippen LogP contribution in [0.4, 0.5) is 0 Å². The maximum absolute atomic E-state index is 11.6. The number of hydrogen-bond donors (Lipinski definition) is 1. The maximum Gasteiger partial charge on any atom is 0.188 e. The van der Waals surface area contributed by atoms with Crippen molar-refractivity contribution in [3.63, 3.8) is 0 Å². The molecule has 2 aromatic rings. The van der Waals surface area contributed by atoms with E-state index in [0.717, 1.165) is 19.4 Å². The summed E-state index contributed by atoms with van der Waals surface area (Å²) in [5.74, 6) is 0. The van der Waals surface area contributed by atoms with Crippen molar-refractivity contribution in [3.8, 4) is 0 Å². The Morgan fingerprint density at radius 2 is 2.07 bits per heavy atom. The smallest absolute Gasteiger partial charge is 0.188 e. The Balaban J connectivity index is 0.00000112. The van der Waals surface area contributed by atoms with Crippen LogP contribution in [0.2, 0.25) is 0 Å². The Morgan fingerprint density at radius 3 is 2.73 bits per heavy atom. The molecule has 0 bridgehead atoms. The Morgan fingerprint density at radius 1 is 1.33 bits per heavy atom. The second-order valence-electron chi connectivity index (χ2n) is 2.92. The average molecular weight is 307 g/mol. The molecule has 0 atom stereocenters. The van der Waals surface area contributed by atoms with Crippen LogP contribution in [-0.2, 0) is 6.54 Å². The number of hydrogen-bond acceptors (Lipinski definition) is 3. The van der Waals surface area contributed by atoms with Crippen molar-refractivity contribution in [2.75, 3.05) is 0 Å². The standard InChI is InChI=1S/C10H8BrNOS.ClH/c11-6-1-2-10-8(3-6)9(13)4-7(5-12)14-10;/h1-4H,5,12H2;1H. The van der Waals surface area contributed by atoms with Crippen LogP contribution in [0.15, 0.2) is 33.5 Å². The molecule has 2 rings (SSSR count). The van der Waals surface area contributed by atoms with E-state index in [2.05, 4.69) is 15.9 Å². The first-order chi connectivity index (χ1) is 6.70. The molecule has 0 radical (unpaired) electrons. The van der Waals surface area contributed by atoms with Gasteiger partial charge in [-0.15, -0.1) is 23.7 Å². The van der Waals surface area contributed by atoms with Gasteiger partial charge >= 0.3 is 0 Å². The lowest BCUT2D eigenvalue weighted by Gasteiger charge is -1.99. The third-order valence-corrected chi connectivity index (χ3v) is 3.56. The van der Waals surface area contributed by atoms with Crippen molar-refractivity contribution in [1.82, 2.24) is 0 Å². The van der Waals surface area contributed by atoms with Gasteiger partial charge in [-0.05, 0) is 18.2 Å². The molecule has 5 heteroatoms. The molecule has 0 fully saturated rings. The van der Waals surface area contributed by atoms with Gasteiger partial charge in [-0.3, -0.25) is 4.79 Å². The summed E-state index contributed by atoms with van der Waals surface area (Å²) in [4.78, 5) is 12.6. The summed E-state index contributed by atoms with van der Waals surface area (Å²) in [6, 6.07) is 7.32. The zero-order valence-corrected chi connectivity index (χ0v) is 10.9. The van der Waals surface area contributed by atoms with E-state index in [9.17, 15) is 4.79 Å². The fourth-order valence-corrected chi connectivity index (χ4v) is 2.58. The van der Waals surface area contributed by atoms with E-state index < -0.39 is 0 Å². The number of halogens is 2. The predicted molar refractivity (Wildman–Crippen MR) is 70.9 cm³/mol. The molecule has 2 N–H and O–H groups in total. The van der Waals surface area contributed by atoms with E-state index in [1.54, 1.807) is 17.4 Å². The van der Waals surface area contributed by atoms with E-state index in [1.807, 2.05) is 18.2 Å². The molecular formula is C10H9BrClNOS. The van der Waals surface area contributed by atoms with E-state index in [0.29, 0.717) is 6.54 Å². The largest absolute Gasteiger partial charge is 0.326 e. The van der Waals surface area contributed by atoms with Crippen molar-refractivity contribution >= 4 is 49.8 Å². The van der Waals surface area contributed by atoms with Crippen molar-refractivity contribution in [2.24, 2.45) is 5.73 Å². The molecule has 1 aromatic carbocycles. The van der Waals surface area contributed by atoms with Gasteiger partial charge in [-0.2, -0.15) is 0 Å². The second kappa shape index (κ2) is 5.07. The molecule has 1 aromatic heterocycles. The number of rotatable bonds is 1. The van der Waals surface area contributed by atoms with Crippen molar-refractivity contribution in [1.29, 1.82) is 0 Å². The van der Waals surface area contributed by atoms with E-state index in [4.69, 9.17) is 5.73 Å². The Kier molecular flexibility index (Phi) is 4.28. The highest BCUT2D eigenvalue weighted by Crippen LogP contribution is 2.22. The molecule has 80 valence electrons. The quantitative estimate of drug-likeness (QED) is 0.880. The van der Waals surface area contributed by atoms with Gasteiger partial charge in [0.15, 0.2) is 5.43 Å². The van der Waals surface area contributed by atoms with Crippen LogP contribution < -0.4 is 11.2 Å². The molecule has 0 aliphatic rings. The van der Waals surface area contributed by atoms with Crippen LogP contribution in [0.5, 0.6) is 0 Å². The molecule has 0 aliphatic carbocycles. The molecule has 0 amide bonds. The molecule has 0 unspecified atom stereocenters. The lowest BCUT2D eigenvalue weighted by molar-refractivity contribution is 1.10. The maximum atomic E-state index is 11.6. The first kappa shape index (κ1) is 12.6. The monoisotopic (exact) mass is 305 g/mol. The lowest BCUT2D eigenvalue weighted by Crippen LogP contribution is -2.03. The highest BCUT2D eigenvalue weighted by atomic mass is 79.9. The van der Waals surface area contributed by atoms with Gasteiger partial charge in [-0.1, -0.05) is 15.9 Å². The Bertz CT molecular complexity index is 540. The van der Waals surface area contributed by atoms with Crippen molar-refractivity contribution < 1.29 is 0 Å². The van der Waals surface area contributed by atoms with Gasteiger partial charge in [0.1, 0.15) is 0 Å². The van der Waals surface area contributed by atoms with Gasteiger partial charge in [0.25, 0.3) is 0 Å². The number of benzene rings is 1. The highest BCUT2D eigenvalue weighted by molar-refractivity contribution is 9.10. The number of fused-ring (bicyclic) bond motifs is 1. The van der Waals surface area contributed by atoms with Crippen LogP contribution in [0.1, 0.15) is 4.88 Å². The average Bonchev–Trinajstić information content (AvgIpc) is 2.19. The molecule has 1 heterocycles. The van der Waals surface area contributed by atoms with Crippen LogP contribution in [0.25, 0.3) is 10.1 Å². The molecule has 0 saturated carbocycles. The Hall–Kier alpha value is -0.420. The van der Waals surface area contributed by atoms with E-state index in [1.165, 1.54) is 0 Å². The van der Waals surface area contributed by atoms with Crippen LogP contribution in [0.3, 0.4) is 0 Å². The zero-order valence-electron chi connectivity index (χ0n) is 7.70. The summed E-state index contributed by atoms with van der Waals surface area (Å²) in [6.07, 6.45) is 0. The molecule has 2 nitrogen and oxygen atoms in total. The van der Waals surface area contributed by atoms with E-state index >= 15 is 0 Å². The van der Waals surface area contributed by atoms with Crippen LogP contribution in [-0.4, -0.2) is 0 Å². The molecular weight excluding hydrogens is 298 g/mol. The zero-order chi connectivity index (χ0) is 10.1. The number of nitrogens with two attached hydrogens (primary N) is 1. The highest BCUT2D eigenvalue weighted by Gasteiger charge is 2.02. The van der Waals surface area contributed by atoms with Crippen LogP contribution >= 0.6 is 39.7 Å². The lowest BCUT2D eigenvalue weighted by atomic mass is 10.2. The topological polar surface area (TPSA) is 43.1 Å². The molecule has 15 heavy (non-hydrogen) atoms. The molecule has 0 spiro atoms. The van der Waals surface area contributed by atoms with Gasteiger partial charge in [0.2, 0.25) is 0 Å². The van der Waals surface area contributed by atoms with E-state index in [-0.39, 0.29) is 17.8 Å². The van der Waals surface area contributed by atoms with Crippen LogP contribution in [0, 0.1) is 0 Å². The third kappa shape index (κ3) is 2.58.